The maximum atomic E-state index is 5.78. The van der Waals surface area contributed by atoms with Crippen LogP contribution in [0.2, 0.25) is 0 Å². The van der Waals surface area contributed by atoms with Crippen LogP contribution >= 0.6 is 17.0 Å². The van der Waals surface area contributed by atoms with E-state index in [1.165, 1.54) is 89.9 Å². The summed E-state index contributed by atoms with van der Waals surface area (Å²) in [5.74, 6) is 4.44. The van der Waals surface area contributed by atoms with Gasteiger partial charge >= 0.3 is 37.9 Å². The molecule has 3 unspecified atom stereocenters. The van der Waals surface area contributed by atoms with Gasteiger partial charge in [-0.2, -0.15) is 0 Å². The first-order valence-corrected chi connectivity index (χ1v) is 20.3. The number of ether oxygens (including phenoxy) is 1. The van der Waals surface area contributed by atoms with Crippen molar-refractivity contribution in [2.75, 3.05) is 6.61 Å². The van der Waals surface area contributed by atoms with Crippen LogP contribution in [0.1, 0.15) is 143 Å². The van der Waals surface area contributed by atoms with Gasteiger partial charge in [0, 0.05) is 6.61 Å². The van der Waals surface area contributed by atoms with Crippen LogP contribution in [0.4, 0.5) is 0 Å². The molecule has 0 saturated heterocycles. The molecule has 0 aromatic heterocycles. The molecular weight excluding hydrogens is 538 g/mol. The van der Waals surface area contributed by atoms with Crippen LogP contribution in [0.5, 0.6) is 0 Å². The predicted molar refractivity (Wildman–Crippen MR) is 153 cm³/mol. The molecule has 3 atom stereocenters. The first-order valence-electron chi connectivity index (χ1n) is 14.0. The van der Waals surface area contributed by atoms with Crippen LogP contribution in [-0.4, -0.2) is 12.2 Å². The fourth-order valence-electron chi connectivity index (χ4n) is 6.25. The van der Waals surface area contributed by atoms with Gasteiger partial charge in [0.15, 0.2) is 0 Å². The first kappa shape index (κ1) is 37.6. The van der Waals surface area contributed by atoms with Crippen molar-refractivity contribution in [3.8, 4) is 0 Å². The zero-order valence-corrected chi connectivity index (χ0v) is 27.9. The summed E-state index contributed by atoms with van der Waals surface area (Å²) in [6, 6.07) is 0. The first-order chi connectivity index (χ1) is 15.4. The molecule has 3 aliphatic rings. The summed E-state index contributed by atoms with van der Waals surface area (Å²) in [5.41, 5.74) is 0.0415. The second-order valence-electron chi connectivity index (χ2n) is 11.6. The van der Waals surface area contributed by atoms with E-state index in [1.54, 1.807) is 25.7 Å². The van der Waals surface area contributed by atoms with Crippen molar-refractivity contribution in [2.45, 2.75) is 149 Å². The van der Waals surface area contributed by atoms with Crippen molar-refractivity contribution in [1.29, 1.82) is 0 Å². The normalized spacial score (nSPS) is 23.8. The van der Waals surface area contributed by atoms with E-state index in [2.05, 4.69) is 27.7 Å². The molecule has 3 aliphatic carbocycles. The van der Waals surface area contributed by atoms with Gasteiger partial charge in [0.25, 0.3) is 0 Å². The molecule has 0 bridgehead atoms. The Balaban J connectivity index is 0. The molecular formula is C30H60Cl2OZr. The van der Waals surface area contributed by atoms with Crippen LogP contribution in [0.3, 0.4) is 0 Å². The van der Waals surface area contributed by atoms with E-state index < -0.39 is 20.8 Å². The van der Waals surface area contributed by atoms with Crippen LogP contribution in [-0.2, 0) is 25.6 Å². The minimum absolute atomic E-state index is 0. The molecule has 3 rings (SSSR count). The molecule has 34 heavy (non-hydrogen) atoms. The number of hydrogen-bond donors (Lipinski definition) is 0. The van der Waals surface area contributed by atoms with E-state index in [4.69, 9.17) is 21.8 Å². The van der Waals surface area contributed by atoms with Crippen molar-refractivity contribution in [1.82, 2.24) is 0 Å². The molecule has 0 heterocycles. The molecule has 0 aliphatic heterocycles. The van der Waals surface area contributed by atoms with Crippen LogP contribution < -0.4 is 0 Å². The van der Waals surface area contributed by atoms with Gasteiger partial charge in [0.2, 0.25) is 0 Å². The third-order valence-electron chi connectivity index (χ3n) is 7.93. The Bertz CT molecular complexity index is 421. The summed E-state index contributed by atoms with van der Waals surface area (Å²) in [4.78, 5) is 0. The van der Waals surface area contributed by atoms with Crippen molar-refractivity contribution in [3.05, 3.63) is 14.9 Å². The number of unbranched alkanes of at least 4 members (excludes halogenated alkanes) is 4. The Hall–Kier alpha value is 1.42. The van der Waals surface area contributed by atoms with Crippen molar-refractivity contribution in [2.24, 2.45) is 23.7 Å². The Morgan fingerprint density at radius 3 is 1.94 bits per heavy atom. The quantitative estimate of drug-likeness (QED) is 0.179. The average Bonchev–Trinajstić information content (AvgIpc) is 3.42. The van der Waals surface area contributed by atoms with Gasteiger partial charge in [-0.15, -0.1) is 0 Å². The zero-order chi connectivity index (χ0) is 23.7. The van der Waals surface area contributed by atoms with Crippen molar-refractivity contribution in [3.63, 3.8) is 0 Å². The predicted octanol–water partition coefficient (Wildman–Crippen LogP) is 11.6. The summed E-state index contributed by atoms with van der Waals surface area (Å²) in [6.07, 6.45) is 26.7. The van der Waals surface area contributed by atoms with E-state index in [0.717, 1.165) is 30.3 Å². The molecule has 0 N–H and O–H groups in total. The van der Waals surface area contributed by atoms with E-state index in [9.17, 15) is 0 Å². The third kappa shape index (κ3) is 18.6. The van der Waals surface area contributed by atoms with Gasteiger partial charge in [-0.05, 0) is 70.1 Å². The topological polar surface area (TPSA) is 9.23 Å². The summed E-state index contributed by atoms with van der Waals surface area (Å²) < 4.78 is 5.78. The van der Waals surface area contributed by atoms with Gasteiger partial charge in [0.05, 0.1) is 5.60 Å². The third-order valence-corrected chi connectivity index (χ3v) is 7.93. The Labute approximate surface area is 235 Å². The van der Waals surface area contributed by atoms with Gasteiger partial charge in [0.1, 0.15) is 0 Å². The SMILES string of the molecule is CC(C)(C)OCCCCCCC1CCC2CCCCC12.CCCCC1CCCC1.[CH3-].[CH3-].[Cl][Zr+2][Cl]. The fourth-order valence-corrected chi connectivity index (χ4v) is 6.25. The Kier molecular flexibility index (Phi) is 26.0. The number of rotatable bonds is 10. The Morgan fingerprint density at radius 2 is 1.32 bits per heavy atom. The second-order valence-corrected chi connectivity index (χ2v) is 15.3. The summed E-state index contributed by atoms with van der Waals surface area (Å²) in [6.45, 7) is 9.67. The second kappa shape index (κ2) is 23.5. The summed E-state index contributed by atoms with van der Waals surface area (Å²) in [7, 11) is 9.87. The van der Waals surface area contributed by atoms with Gasteiger partial charge < -0.3 is 19.6 Å². The molecule has 1 nitrogen and oxygen atoms in total. The van der Waals surface area contributed by atoms with Crippen LogP contribution in [0.25, 0.3) is 0 Å². The molecule has 3 saturated carbocycles. The van der Waals surface area contributed by atoms with Crippen LogP contribution in [0.15, 0.2) is 0 Å². The molecule has 0 radical (unpaired) electrons. The maximum absolute atomic E-state index is 5.78. The molecule has 3 fully saturated rings. The molecule has 4 heteroatoms. The molecule has 0 aromatic rings. The molecule has 0 spiro atoms. The Morgan fingerprint density at radius 1 is 0.735 bits per heavy atom. The minimum atomic E-state index is -0.826. The van der Waals surface area contributed by atoms with E-state index in [1.807, 2.05) is 0 Å². The van der Waals surface area contributed by atoms with E-state index in [0.29, 0.717) is 0 Å². The van der Waals surface area contributed by atoms with Gasteiger partial charge in [-0.3, -0.25) is 0 Å². The number of hydrogen-bond acceptors (Lipinski definition) is 1. The number of halogens is 2. The molecule has 204 valence electrons. The standard InChI is InChI=1S/C19H36O.C9H18.2CH3.2ClH.Zr/c1-19(2,3)20-15-9-5-4-6-10-16-13-14-17-11-7-8-12-18(16)17;1-2-3-6-9-7-4-5-8-9;;;;;/h16-18H,4-15H2,1-3H3;9H,2-8H2,1H3;2*1H3;2*1H;/q;;2*-1;;;+4/p-2. The van der Waals surface area contributed by atoms with Gasteiger partial charge in [-0.25, -0.2) is 0 Å². The van der Waals surface area contributed by atoms with E-state index >= 15 is 0 Å². The molecule has 0 aromatic carbocycles. The molecule has 0 amide bonds. The monoisotopic (exact) mass is 596 g/mol. The number of fused-ring (bicyclic) bond motifs is 1. The summed E-state index contributed by atoms with van der Waals surface area (Å²) >= 11 is -0.826. The van der Waals surface area contributed by atoms with Crippen LogP contribution in [0, 0.1) is 38.5 Å². The average molecular weight is 599 g/mol. The summed E-state index contributed by atoms with van der Waals surface area (Å²) in [5, 5.41) is 0. The van der Waals surface area contributed by atoms with E-state index in [-0.39, 0.29) is 20.5 Å². The zero-order valence-electron chi connectivity index (χ0n) is 23.9. The van der Waals surface area contributed by atoms with Gasteiger partial charge in [-0.1, -0.05) is 96.8 Å². The fraction of sp³-hybridized carbons (Fsp3) is 0.933. The van der Waals surface area contributed by atoms with Crippen molar-refractivity contribution < 1.29 is 25.6 Å². The van der Waals surface area contributed by atoms with Crippen molar-refractivity contribution >= 4 is 17.0 Å².